The number of ether oxygens (including phenoxy) is 1. The summed E-state index contributed by atoms with van der Waals surface area (Å²) in [6, 6.07) is 19.1. The quantitative estimate of drug-likeness (QED) is 0.348. The van der Waals surface area contributed by atoms with Gasteiger partial charge in [-0.2, -0.15) is 5.26 Å². The van der Waals surface area contributed by atoms with Gasteiger partial charge in [-0.25, -0.2) is 4.79 Å². The molecule has 1 atom stereocenters. The molecule has 0 saturated carbocycles. The molecule has 0 unspecified atom stereocenters. The predicted molar refractivity (Wildman–Crippen MR) is 149 cm³/mol. The number of benzene rings is 2. The van der Waals surface area contributed by atoms with Gasteiger partial charge in [-0.15, -0.1) is 0 Å². The second-order valence-corrected chi connectivity index (χ2v) is 9.90. The smallest absolute Gasteiger partial charge is 0.337 e. The lowest BCUT2D eigenvalue weighted by Crippen LogP contribution is -2.29. The molecule has 7 nitrogen and oxygen atoms in total. The summed E-state index contributed by atoms with van der Waals surface area (Å²) in [6.45, 7) is 7.86. The average Bonchev–Trinajstić information content (AvgIpc) is 3.44. The fraction of sp³-hybridized carbons (Fsp3) is 0.233. The molecule has 0 aliphatic carbocycles. The minimum atomic E-state index is -0.794. The van der Waals surface area contributed by atoms with Gasteiger partial charge in [0, 0.05) is 5.69 Å². The van der Waals surface area contributed by atoms with Crippen LogP contribution in [0, 0.1) is 32.1 Å². The van der Waals surface area contributed by atoms with E-state index in [-0.39, 0.29) is 29.4 Å². The minimum Gasteiger partial charge on any atom is -0.468 e. The van der Waals surface area contributed by atoms with Gasteiger partial charge in [-0.3, -0.25) is 4.79 Å². The van der Waals surface area contributed by atoms with Crippen LogP contribution < -0.4 is 10.6 Å². The molecule has 1 amide bonds. The van der Waals surface area contributed by atoms with Crippen LogP contribution in [-0.4, -0.2) is 24.2 Å². The number of allylic oxidation sites excluding steroid dienone is 1. The van der Waals surface area contributed by atoms with Crippen LogP contribution in [0.1, 0.15) is 40.9 Å². The van der Waals surface area contributed by atoms with Crippen LogP contribution in [-0.2, 0) is 14.3 Å². The van der Waals surface area contributed by atoms with Crippen LogP contribution in [0.2, 0.25) is 0 Å². The van der Waals surface area contributed by atoms with Crippen molar-refractivity contribution in [3.05, 3.63) is 105 Å². The molecule has 194 valence electrons. The Labute approximate surface area is 226 Å². The summed E-state index contributed by atoms with van der Waals surface area (Å²) < 4.78 is 11.1. The van der Waals surface area contributed by atoms with Crippen molar-refractivity contribution in [1.82, 2.24) is 5.32 Å². The number of carbonyl (C=O) groups is 2. The van der Waals surface area contributed by atoms with Crippen molar-refractivity contribution < 1.29 is 18.7 Å². The van der Waals surface area contributed by atoms with Crippen molar-refractivity contribution in [3.63, 3.8) is 0 Å². The number of amides is 1. The zero-order valence-electron chi connectivity index (χ0n) is 21.8. The topological polar surface area (TPSA) is 104 Å². The maximum absolute atomic E-state index is 13.2. The van der Waals surface area contributed by atoms with Crippen LogP contribution in [0.4, 0.5) is 5.69 Å². The highest BCUT2D eigenvalue weighted by molar-refractivity contribution is 8.03. The summed E-state index contributed by atoms with van der Waals surface area (Å²) in [5, 5.41) is 17.0. The van der Waals surface area contributed by atoms with Crippen molar-refractivity contribution in [3.8, 4) is 6.07 Å². The molecule has 1 aliphatic rings. The van der Waals surface area contributed by atoms with Gasteiger partial charge in [-0.1, -0.05) is 59.8 Å². The lowest BCUT2D eigenvalue weighted by molar-refractivity contribution is -0.138. The number of thioether (sulfide) groups is 1. The fourth-order valence-corrected chi connectivity index (χ4v) is 5.43. The summed E-state index contributed by atoms with van der Waals surface area (Å²) in [5.41, 5.74) is 5.71. The van der Waals surface area contributed by atoms with Crippen molar-refractivity contribution in [1.29, 1.82) is 5.26 Å². The number of hydrogen-bond acceptors (Lipinski definition) is 7. The second-order valence-electron chi connectivity index (χ2n) is 8.91. The highest BCUT2D eigenvalue weighted by Gasteiger charge is 2.39. The standard InChI is InChI=1S/C30H29N3O4S/c1-5-36-30(35)26-25(23-12-9-13-37-23)22(16-31)29(33-28(26)21-10-7-6-8-11-21)38-17-24(34)32-27-19(3)14-18(2)15-20(27)4/h6-15,25,33H,5,17H2,1-4H3,(H,32,34)/t25-/m1/s1. The van der Waals surface area contributed by atoms with E-state index in [4.69, 9.17) is 9.15 Å². The number of dihydropyridines is 1. The molecule has 4 rings (SSSR count). The first-order valence-corrected chi connectivity index (χ1v) is 13.2. The molecule has 38 heavy (non-hydrogen) atoms. The molecule has 0 saturated heterocycles. The Morgan fingerprint density at radius 1 is 1.11 bits per heavy atom. The third-order valence-electron chi connectivity index (χ3n) is 6.12. The molecule has 0 bridgehead atoms. The first kappa shape index (κ1) is 26.8. The molecular weight excluding hydrogens is 498 g/mol. The summed E-state index contributed by atoms with van der Waals surface area (Å²) in [5.74, 6) is -1.04. The number of nitrogens with zero attached hydrogens (tertiary/aromatic N) is 1. The SMILES string of the molecule is CCOC(=O)C1=C(c2ccccc2)NC(SCC(=O)Nc2c(C)cc(C)cc2C)=C(C#N)[C@@H]1c1ccco1. The number of rotatable bonds is 8. The maximum atomic E-state index is 13.2. The Morgan fingerprint density at radius 2 is 1.82 bits per heavy atom. The average molecular weight is 528 g/mol. The Bertz CT molecular complexity index is 1430. The van der Waals surface area contributed by atoms with E-state index >= 15 is 0 Å². The Hall–Kier alpha value is -4.22. The van der Waals surface area contributed by atoms with E-state index < -0.39 is 11.9 Å². The summed E-state index contributed by atoms with van der Waals surface area (Å²) in [4.78, 5) is 26.2. The van der Waals surface area contributed by atoms with Gasteiger partial charge >= 0.3 is 5.97 Å². The maximum Gasteiger partial charge on any atom is 0.337 e. The van der Waals surface area contributed by atoms with E-state index in [0.29, 0.717) is 16.5 Å². The summed E-state index contributed by atoms with van der Waals surface area (Å²) in [6.07, 6.45) is 1.50. The Kier molecular flexibility index (Phi) is 8.39. The van der Waals surface area contributed by atoms with Gasteiger partial charge in [0.05, 0.1) is 52.5 Å². The molecule has 3 aromatic rings. The van der Waals surface area contributed by atoms with E-state index in [1.54, 1.807) is 19.1 Å². The van der Waals surface area contributed by atoms with Crippen LogP contribution >= 0.6 is 11.8 Å². The molecule has 2 aromatic carbocycles. The molecule has 0 spiro atoms. The van der Waals surface area contributed by atoms with Gasteiger partial charge in [0.25, 0.3) is 0 Å². The van der Waals surface area contributed by atoms with Gasteiger partial charge in [0.1, 0.15) is 5.76 Å². The Balaban J connectivity index is 1.71. The normalized spacial score (nSPS) is 15.1. The zero-order chi connectivity index (χ0) is 27.2. The molecule has 8 heteroatoms. The monoisotopic (exact) mass is 527 g/mol. The number of esters is 1. The highest BCUT2D eigenvalue weighted by atomic mass is 32.2. The number of aryl methyl sites for hydroxylation is 3. The summed E-state index contributed by atoms with van der Waals surface area (Å²) in [7, 11) is 0. The van der Waals surface area contributed by atoms with Crippen molar-refractivity contribution in [2.45, 2.75) is 33.6 Å². The molecule has 0 radical (unpaired) electrons. The largest absolute Gasteiger partial charge is 0.468 e. The number of hydrogen-bond donors (Lipinski definition) is 2. The van der Waals surface area contributed by atoms with Gasteiger partial charge in [0.2, 0.25) is 5.91 Å². The van der Waals surface area contributed by atoms with Crippen molar-refractivity contribution >= 4 is 35.0 Å². The second kappa shape index (κ2) is 11.9. The van der Waals surface area contributed by atoms with Crippen molar-refractivity contribution in [2.75, 3.05) is 17.7 Å². The van der Waals surface area contributed by atoms with E-state index in [1.165, 1.54) is 18.0 Å². The van der Waals surface area contributed by atoms with Crippen LogP contribution in [0.25, 0.3) is 5.70 Å². The molecule has 1 aromatic heterocycles. The van der Waals surface area contributed by atoms with Gasteiger partial charge in [-0.05, 0) is 56.5 Å². The molecule has 0 fully saturated rings. The third-order valence-corrected chi connectivity index (χ3v) is 7.14. The number of nitriles is 1. The van der Waals surface area contributed by atoms with E-state index in [0.717, 1.165) is 27.9 Å². The van der Waals surface area contributed by atoms with Gasteiger partial charge in [0.15, 0.2) is 0 Å². The third kappa shape index (κ3) is 5.68. The molecule has 2 heterocycles. The van der Waals surface area contributed by atoms with E-state index in [1.807, 2.05) is 63.2 Å². The molecular formula is C30H29N3O4S. The first-order chi connectivity index (χ1) is 18.3. The highest BCUT2D eigenvalue weighted by Crippen LogP contribution is 2.43. The Morgan fingerprint density at radius 3 is 2.42 bits per heavy atom. The van der Waals surface area contributed by atoms with Crippen LogP contribution in [0.15, 0.2) is 81.5 Å². The molecule has 1 aliphatic heterocycles. The van der Waals surface area contributed by atoms with Crippen molar-refractivity contribution in [2.24, 2.45) is 0 Å². The number of anilines is 1. The summed E-state index contributed by atoms with van der Waals surface area (Å²) >= 11 is 1.20. The van der Waals surface area contributed by atoms with E-state index in [9.17, 15) is 14.9 Å². The minimum absolute atomic E-state index is 0.0575. The first-order valence-electron chi connectivity index (χ1n) is 12.3. The number of carbonyl (C=O) groups excluding carboxylic acids is 2. The van der Waals surface area contributed by atoms with Crippen LogP contribution in [0.3, 0.4) is 0 Å². The lowest BCUT2D eigenvalue weighted by atomic mass is 9.84. The van der Waals surface area contributed by atoms with E-state index in [2.05, 4.69) is 16.7 Å². The predicted octanol–water partition coefficient (Wildman–Crippen LogP) is 5.97. The zero-order valence-corrected chi connectivity index (χ0v) is 22.6. The number of nitrogens with one attached hydrogen (secondary N) is 2. The lowest BCUT2D eigenvalue weighted by Gasteiger charge is -2.29. The fourth-order valence-electron chi connectivity index (χ4n) is 4.59. The van der Waals surface area contributed by atoms with Crippen LogP contribution in [0.5, 0.6) is 0 Å². The number of furan rings is 1. The molecule has 2 N–H and O–H groups in total. The van der Waals surface area contributed by atoms with Gasteiger partial charge < -0.3 is 19.8 Å².